The minimum absolute atomic E-state index is 0.111. The zero-order chi connectivity index (χ0) is 12.4. The number of halogens is 2. The predicted molar refractivity (Wildman–Crippen MR) is 62.2 cm³/mol. The van der Waals surface area contributed by atoms with Crippen LogP contribution in [-0.2, 0) is 0 Å². The molecule has 0 amide bonds. The molecule has 0 saturated carbocycles. The molecule has 0 aliphatic rings. The highest BCUT2D eigenvalue weighted by Gasteiger charge is 2.18. The van der Waals surface area contributed by atoms with Gasteiger partial charge in [0.05, 0.1) is 0 Å². The van der Waals surface area contributed by atoms with Crippen LogP contribution in [0, 0.1) is 0 Å². The zero-order valence-corrected chi connectivity index (χ0v) is 9.77. The second-order valence-electron chi connectivity index (χ2n) is 3.02. The number of aromatic carboxylic acids is 1. The smallest absolute Gasteiger partial charge is 0.356 e. The van der Waals surface area contributed by atoms with Gasteiger partial charge < -0.3 is 5.11 Å². The van der Waals surface area contributed by atoms with Crippen molar-refractivity contribution >= 4 is 29.2 Å². The monoisotopic (exact) mass is 269 g/mol. The molecule has 0 aromatic carbocycles. The van der Waals surface area contributed by atoms with Crippen molar-refractivity contribution in [2.24, 2.45) is 0 Å². The summed E-state index contributed by atoms with van der Waals surface area (Å²) in [4.78, 5) is 22.6. The first-order valence-electron chi connectivity index (χ1n) is 4.47. The maximum Gasteiger partial charge on any atom is 0.356 e. The fourth-order valence-corrected chi connectivity index (χ4v) is 1.51. The number of carboxylic acid groups (broad SMARTS) is 1. The van der Waals surface area contributed by atoms with Gasteiger partial charge >= 0.3 is 5.97 Å². The summed E-state index contributed by atoms with van der Waals surface area (Å²) in [5.41, 5.74) is 0.0842. The van der Waals surface area contributed by atoms with Crippen molar-refractivity contribution in [3.8, 4) is 11.5 Å². The molecule has 0 aliphatic carbocycles. The third-order valence-corrected chi connectivity index (χ3v) is 2.64. The Balaban J connectivity index is 2.61. The highest BCUT2D eigenvalue weighted by Crippen LogP contribution is 2.25. The lowest BCUT2D eigenvalue weighted by Gasteiger charge is -2.03. The summed E-state index contributed by atoms with van der Waals surface area (Å²) in [6.07, 6.45) is 1.54. The highest BCUT2D eigenvalue weighted by molar-refractivity contribution is 6.42. The average molecular weight is 270 g/mol. The van der Waals surface area contributed by atoms with Crippen molar-refractivity contribution in [1.82, 2.24) is 15.0 Å². The van der Waals surface area contributed by atoms with Crippen LogP contribution < -0.4 is 0 Å². The van der Waals surface area contributed by atoms with Gasteiger partial charge in [-0.05, 0) is 12.1 Å². The minimum Gasteiger partial charge on any atom is -0.476 e. The standard InChI is InChI=1S/C10H5Cl2N3O2/c11-6-7(10(16)17)14-9(15-8(6)12)5-3-1-2-4-13-5/h1-4H,(H,16,17). The van der Waals surface area contributed by atoms with Gasteiger partial charge in [-0.25, -0.2) is 14.8 Å². The molecule has 2 heterocycles. The first kappa shape index (κ1) is 11.8. The average Bonchev–Trinajstić information content (AvgIpc) is 2.33. The molecule has 7 heteroatoms. The lowest BCUT2D eigenvalue weighted by Crippen LogP contribution is -2.05. The minimum atomic E-state index is -1.27. The van der Waals surface area contributed by atoms with E-state index in [2.05, 4.69) is 15.0 Å². The number of rotatable bonds is 2. The Labute approximate surface area is 106 Å². The summed E-state index contributed by atoms with van der Waals surface area (Å²) in [5, 5.41) is 8.61. The van der Waals surface area contributed by atoms with E-state index in [1.807, 2.05) is 0 Å². The highest BCUT2D eigenvalue weighted by atomic mass is 35.5. The van der Waals surface area contributed by atoms with Crippen molar-refractivity contribution in [1.29, 1.82) is 0 Å². The number of pyridine rings is 1. The van der Waals surface area contributed by atoms with Crippen molar-refractivity contribution in [3.05, 3.63) is 40.3 Å². The van der Waals surface area contributed by atoms with E-state index in [0.717, 1.165) is 0 Å². The Kier molecular flexibility index (Phi) is 3.21. The maximum atomic E-state index is 10.9. The van der Waals surface area contributed by atoms with Crippen LogP contribution >= 0.6 is 23.2 Å². The van der Waals surface area contributed by atoms with E-state index in [-0.39, 0.29) is 21.7 Å². The number of nitrogens with zero attached hydrogens (tertiary/aromatic N) is 3. The first-order chi connectivity index (χ1) is 8.09. The molecule has 1 N–H and O–H groups in total. The van der Waals surface area contributed by atoms with Gasteiger partial charge in [0.25, 0.3) is 0 Å². The number of hydrogen-bond donors (Lipinski definition) is 1. The van der Waals surface area contributed by atoms with E-state index in [9.17, 15) is 4.79 Å². The van der Waals surface area contributed by atoms with E-state index >= 15 is 0 Å². The van der Waals surface area contributed by atoms with E-state index in [4.69, 9.17) is 28.3 Å². The van der Waals surface area contributed by atoms with Crippen molar-refractivity contribution < 1.29 is 9.90 Å². The quantitative estimate of drug-likeness (QED) is 0.848. The van der Waals surface area contributed by atoms with Gasteiger partial charge in [-0.15, -0.1) is 0 Å². The second kappa shape index (κ2) is 4.65. The molecule has 0 unspecified atom stereocenters. The molecule has 0 aliphatic heterocycles. The molecule has 17 heavy (non-hydrogen) atoms. The molecule has 2 aromatic heterocycles. The lowest BCUT2D eigenvalue weighted by atomic mass is 10.3. The molecule has 0 fully saturated rings. The van der Waals surface area contributed by atoms with Crippen LogP contribution in [-0.4, -0.2) is 26.0 Å². The topological polar surface area (TPSA) is 76.0 Å². The van der Waals surface area contributed by atoms with Gasteiger partial charge in [0, 0.05) is 6.20 Å². The fraction of sp³-hybridized carbons (Fsp3) is 0. The predicted octanol–water partition coefficient (Wildman–Crippen LogP) is 2.54. The number of carbonyl (C=O) groups is 1. The fourth-order valence-electron chi connectivity index (χ4n) is 1.17. The largest absolute Gasteiger partial charge is 0.476 e. The second-order valence-corrected chi connectivity index (χ2v) is 3.76. The van der Waals surface area contributed by atoms with Gasteiger partial charge in [0.1, 0.15) is 10.7 Å². The van der Waals surface area contributed by atoms with E-state index < -0.39 is 5.97 Å². The molecule has 0 saturated heterocycles. The van der Waals surface area contributed by atoms with Crippen LogP contribution in [0.4, 0.5) is 0 Å². The van der Waals surface area contributed by atoms with Crippen LogP contribution in [0.25, 0.3) is 11.5 Å². The van der Waals surface area contributed by atoms with Gasteiger partial charge in [-0.3, -0.25) is 4.98 Å². The van der Waals surface area contributed by atoms with Crippen LogP contribution in [0.3, 0.4) is 0 Å². The Morgan fingerprint density at radius 2 is 2.00 bits per heavy atom. The van der Waals surface area contributed by atoms with Crippen LogP contribution in [0.2, 0.25) is 10.2 Å². The van der Waals surface area contributed by atoms with Crippen molar-refractivity contribution in [3.63, 3.8) is 0 Å². The molecule has 2 aromatic rings. The molecule has 5 nitrogen and oxygen atoms in total. The molecule has 0 radical (unpaired) electrons. The Morgan fingerprint density at radius 3 is 2.59 bits per heavy atom. The number of hydrogen-bond acceptors (Lipinski definition) is 4. The van der Waals surface area contributed by atoms with Gasteiger partial charge in [-0.1, -0.05) is 29.3 Å². The Bertz CT molecular complexity index is 575. The molecule has 86 valence electrons. The molecular weight excluding hydrogens is 265 g/mol. The number of carboxylic acids is 1. The van der Waals surface area contributed by atoms with E-state index in [1.54, 1.807) is 24.4 Å². The zero-order valence-electron chi connectivity index (χ0n) is 8.26. The Hall–Kier alpha value is -1.72. The molecule has 0 atom stereocenters. The summed E-state index contributed by atoms with van der Waals surface area (Å²) < 4.78 is 0. The molecule has 0 spiro atoms. The van der Waals surface area contributed by atoms with Crippen LogP contribution in [0.1, 0.15) is 10.5 Å². The summed E-state index contributed by atoms with van der Waals surface area (Å²) in [7, 11) is 0. The SMILES string of the molecule is O=C(O)c1nc(-c2ccccn2)nc(Cl)c1Cl. The first-order valence-corrected chi connectivity index (χ1v) is 5.23. The van der Waals surface area contributed by atoms with Crippen LogP contribution in [0.15, 0.2) is 24.4 Å². The Morgan fingerprint density at radius 1 is 1.24 bits per heavy atom. The van der Waals surface area contributed by atoms with Crippen molar-refractivity contribution in [2.45, 2.75) is 0 Å². The maximum absolute atomic E-state index is 10.9. The molecular formula is C10H5Cl2N3O2. The van der Waals surface area contributed by atoms with Crippen molar-refractivity contribution in [2.75, 3.05) is 0 Å². The van der Waals surface area contributed by atoms with E-state index in [1.165, 1.54) is 0 Å². The van der Waals surface area contributed by atoms with Gasteiger partial charge in [0.2, 0.25) is 0 Å². The summed E-state index contributed by atoms with van der Waals surface area (Å²) in [6, 6.07) is 5.10. The summed E-state index contributed by atoms with van der Waals surface area (Å²) >= 11 is 11.4. The third-order valence-electron chi connectivity index (χ3n) is 1.91. The van der Waals surface area contributed by atoms with Gasteiger partial charge in [0.15, 0.2) is 16.7 Å². The number of aromatic nitrogens is 3. The molecule has 0 bridgehead atoms. The molecule has 2 rings (SSSR count). The van der Waals surface area contributed by atoms with Crippen LogP contribution in [0.5, 0.6) is 0 Å². The normalized spacial score (nSPS) is 10.2. The summed E-state index contributed by atoms with van der Waals surface area (Å²) in [5.74, 6) is -1.14. The summed E-state index contributed by atoms with van der Waals surface area (Å²) in [6.45, 7) is 0. The van der Waals surface area contributed by atoms with Gasteiger partial charge in [-0.2, -0.15) is 0 Å². The third kappa shape index (κ3) is 2.35. The lowest BCUT2D eigenvalue weighted by molar-refractivity contribution is 0.0690. The van der Waals surface area contributed by atoms with E-state index in [0.29, 0.717) is 5.69 Å².